The van der Waals surface area contributed by atoms with Crippen molar-refractivity contribution < 1.29 is 13.9 Å². The van der Waals surface area contributed by atoms with Crippen LogP contribution in [0.15, 0.2) is 30.3 Å². The second-order valence-electron chi connectivity index (χ2n) is 4.82. The van der Waals surface area contributed by atoms with Crippen molar-refractivity contribution in [3.05, 3.63) is 53.4 Å². The van der Waals surface area contributed by atoms with E-state index in [4.69, 9.17) is 5.11 Å². The van der Waals surface area contributed by atoms with Crippen molar-refractivity contribution in [2.75, 3.05) is 5.32 Å². The molecule has 0 bridgehead atoms. The molecule has 1 aromatic heterocycles. The molecule has 0 fully saturated rings. The number of hydrogen-bond donors (Lipinski definition) is 3. The fraction of sp³-hybridized carbons (Fsp3) is 0.133. The van der Waals surface area contributed by atoms with Gasteiger partial charge in [-0.25, -0.2) is 13.8 Å². The minimum Gasteiger partial charge on any atom is -0.503 e. The molecule has 0 aliphatic carbocycles. The van der Waals surface area contributed by atoms with E-state index in [-0.39, 0.29) is 6.54 Å². The molecule has 0 aliphatic heterocycles. The van der Waals surface area contributed by atoms with Crippen molar-refractivity contribution >= 4 is 16.7 Å². The Bertz CT molecular complexity index is 791. The van der Waals surface area contributed by atoms with E-state index < -0.39 is 17.4 Å². The smallest absolute Gasteiger partial charge is 0.187 e. The minimum absolute atomic E-state index is 0.243. The van der Waals surface area contributed by atoms with Crippen molar-refractivity contribution in [3.63, 3.8) is 0 Å². The van der Waals surface area contributed by atoms with Crippen molar-refractivity contribution in [2.45, 2.75) is 13.5 Å². The molecule has 2 aromatic carbocycles. The standard InChI is InChI=1S/C15H13F2N3O/c1-8-19-13-3-2-10(6-14(13)20-8)18-7-9-4-11(16)15(21)12(17)5-9/h2-6,18,21H,7H2,1H3,(H,19,20). The predicted octanol–water partition coefficient (Wildman–Crippen LogP) is 3.47. The lowest BCUT2D eigenvalue weighted by Crippen LogP contribution is -2.00. The quantitative estimate of drug-likeness (QED) is 0.692. The lowest BCUT2D eigenvalue weighted by atomic mass is 10.2. The van der Waals surface area contributed by atoms with Crippen LogP contribution in [0.5, 0.6) is 5.75 Å². The van der Waals surface area contributed by atoms with Gasteiger partial charge in [-0.3, -0.25) is 0 Å². The number of benzene rings is 2. The van der Waals surface area contributed by atoms with Crippen LogP contribution in [0.1, 0.15) is 11.4 Å². The molecule has 3 rings (SSSR count). The largest absolute Gasteiger partial charge is 0.503 e. The Hall–Kier alpha value is -2.63. The third kappa shape index (κ3) is 2.65. The molecule has 6 heteroatoms. The second-order valence-corrected chi connectivity index (χ2v) is 4.82. The molecule has 4 nitrogen and oxygen atoms in total. The van der Waals surface area contributed by atoms with Gasteiger partial charge >= 0.3 is 0 Å². The van der Waals surface area contributed by atoms with E-state index in [0.29, 0.717) is 5.56 Å². The number of H-pyrrole nitrogens is 1. The number of hydrogen-bond acceptors (Lipinski definition) is 3. The van der Waals surface area contributed by atoms with Crippen molar-refractivity contribution in [1.82, 2.24) is 9.97 Å². The molecule has 0 radical (unpaired) electrons. The Balaban J connectivity index is 1.79. The lowest BCUT2D eigenvalue weighted by Gasteiger charge is -2.08. The van der Waals surface area contributed by atoms with Crippen LogP contribution >= 0.6 is 0 Å². The van der Waals surface area contributed by atoms with E-state index in [9.17, 15) is 8.78 Å². The number of fused-ring (bicyclic) bond motifs is 1. The number of phenols is 1. The summed E-state index contributed by atoms with van der Waals surface area (Å²) in [5, 5.41) is 12.1. The molecule has 0 unspecified atom stereocenters. The summed E-state index contributed by atoms with van der Waals surface area (Å²) < 4.78 is 26.5. The van der Waals surface area contributed by atoms with Gasteiger partial charge in [0.1, 0.15) is 5.82 Å². The highest BCUT2D eigenvalue weighted by Gasteiger charge is 2.09. The van der Waals surface area contributed by atoms with Crippen LogP contribution in [0, 0.1) is 18.6 Å². The number of aromatic nitrogens is 2. The maximum Gasteiger partial charge on any atom is 0.187 e. The zero-order valence-corrected chi connectivity index (χ0v) is 11.2. The van der Waals surface area contributed by atoms with Crippen LogP contribution in [0.2, 0.25) is 0 Å². The minimum atomic E-state index is -0.966. The summed E-state index contributed by atoms with van der Waals surface area (Å²) in [4.78, 5) is 7.41. The molecular formula is C15H13F2N3O. The number of phenolic OH excluding ortho intramolecular Hbond substituents is 1. The molecule has 0 saturated carbocycles. The van der Waals surface area contributed by atoms with Crippen molar-refractivity contribution in [2.24, 2.45) is 0 Å². The Morgan fingerprint density at radius 3 is 2.62 bits per heavy atom. The van der Waals surface area contributed by atoms with Gasteiger partial charge in [0.15, 0.2) is 17.4 Å². The molecule has 0 saturated heterocycles. The van der Waals surface area contributed by atoms with Crippen LogP contribution < -0.4 is 5.32 Å². The molecule has 3 aromatic rings. The predicted molar refractivity (Wildman–Crippen MR) is 76.2 cm³/mol. The zero-order valence-electron chi connectivity index (χ0n) is 11.2. The number of aromatic hydroxyl groups is 1. The molecule has 0 atom stereocenters. The molecule has 1 heterocycles. The van der Waals surface area contributed by atoms with Gasteiger partial charge < -0.3 is 15.4 Å². The van der Waals surface area contributed by atoms with Gasteiger partial charge in [0, 0.05) is 12.2 Å². The van der Waals surface area contributed by atoms with Crippen LogP contribution in [0.3, 0.4) is 0 Å². The molecule has 21 heavy (non-hydrogen) atoms. The lowest BCUT2D eigenvalue weighted by molar-refractivity contribution is 0.395. The van der Waals surface area contributed by atoms with Crippen molar-refractivity contribution in [3.8, 4) is 5.75 Å². The number of nitrogens with one attached hydrogen (secondary N) is 2. The van der Waals surface area contributed by atoms with Gasteiger partial charge in [0.05, 0.1) is 11.0 Å². The van der Waals surface area contributed by atoms with Crippen molar-refractivity contribution in [1.29, 1.82) is 0 Å². The molecule has 0 amide bonds. The summed E-state index contributed by atoms with van der Waals surface area (Å²) >= 11 is 0. The second kappa shape index (κ2) is 5.05. The van der Waals surface area contributed by atoms with Crippen LogP contribution in [-0.4, -0.2) is 15.1 Å². The van der Waals surface area contributed by atoms with Gasteiger partial charge in [0.2, 0.25) is 0 Å². The average Bonchev–Trinajstić information content (AvgIpc) is 2.81. The average molecular weight is 289 g/mol. The maximum atomic E-state index is 13.2. The number of aryl methyl sites for hydroxylation is 1. The summed E-state index contributed by atoms with van der Waals surface area (Å²) in [6, 6.07) is 7.78. The van der Waals surface area contributed by atoms with Gasteiger partial charge in [-0.1, -0.05) is 0 Å². The maximum absolute atomic E-state index is 13.2. The highest BCUT2D eigenvalue weighted by molar-refractivity contribution is 5.79. The molecule has 108 valence electrons. The molecule has 0 spiro atoms. The fourth-order valence-corrected chi connectivity index (χ4v) is 2.17. The molecule has 0 aliphatic rings. The summed E-state index contributed by atoms with van der Waals surface area (Å²) in [7, 11) is 0. The summed E-state index contributed by atoms with van der Waals surface area (Å²) in [5.41, 5.74) is 2.96. The Labute approximate surface area is 119 Å². The number of halogens is 2. The normalized spacial score (nSPS) is 11.0. The first-order valence-electron chi connectivity index (χ1n) is 6.40. The SMILES string of the molecule is Cc1nc2ccc(NCc3cc(F)c(O)c(F)c3)cc2[nH]1. The van der Waals surface area contributed by atoms with E-state index in [1.165, 1.54) is 0 Å². The first-order valence-corrected chi connectivity index (χ1v) is 6.40. The number of rotatable bonds is 3. The van der Waals surface area contributed by atoms with Crippen LogP contribution in [0.25, 0.3) is 11.0 Å². The van der Waals surface area contributed by atoms with E-state index in [2.05, 4.69) is 15.3 Å². The zero-order chi connectivity index (χ0) is 15.0. The van der Waals surface area contributed by atoms with Crippen LogP contribution in [-0.2, 0) is 6.54 Å². The monoisotopic (exact) mass is 289 g/mol. The summed E-state index contributed by atoms with van der Waals surface area (Å²) in [5.74, 6) is -2.06. The fourth-order valence-electron chi connectivity index (χ4n) is 2.17. The highest BCUT2D eigenvalue weighted by atomic mass is 19.1. The van der Waals surface area contributed by atoms with E-state index in [1.54, 1.807) is 0 Å². The number of anilines is 1. The van der Waals surface area contributed by atoms with Gasteiger partial charge in [0.25, 0.3) is 0 Å². The first kappa shape index (κ1) is 13.4. The Morgan fingerprint density at radius 2 is 1.90 bits per heavy atom. The Kier molecular flexibility index (Phi) is 3.21. The topological polar surface area (TPSA) is 60.9 Å². The first-order chi connectivity index (χ1) is 10.0. The van der Waals surface area contributed by atoms with Gasteiger partial charge in [-0.2, -0.15) is 0 Å². The highest BCUT2D eigenvalue weighted by Crippen LogP contribution is 2.22. The van der Waals surface area contributed by atoms with Gasteiger partial charge in [-0.15, -0.1) is 0 Å². The summed E-state index contributed by atoms with van der Waals surface area (Å²) in [6.07, 6.45) is 0. The Morgan fingerprint density at radius 1 is 1.19 bits per heavy atom. The van der Waals surface area contributed by atoms with E-state index in [0.717, 1.165) is 34.7 Å². The summed E-state index contributed by atoms with van der Waals surface area (Å²) in [6.45, 7) is 2.11. The third-order valence-corrected chi connectivity index (χ3v) is 3.17. The van der Waals surface area contributed by atoms with Crippen LogP contribution in [0.4, 0.5) is 14.5 Å². The number of nitrogens with zero attached hydrogens (tertiary/aromatic N) is 1. The number of imidazole rings is 1. The molecule has 3 N–H and O–H groups in total. The third-order valence-electron chi connectivity index (χ3n) is 3.17. The molecular weight excluding hydrogens is 276 g/mol. The van der Waals surface area contributed by atoms with E-state index >= 15 is 0 Å². The van der Waals surface area contributed by atoms with E-state index in [1.807, 2.05) is 25.1 Å². The van der Waals surface area contributed by atoms with Gasteiger partial charge in [-0.05, 0) is 42.8 Å². The number of aromatic amines is 1.